The van der Waals surface area contributed by atoms with Gasteiger partial charge in [0.05, 0.1) is 0 Å². The van der Waals surface area contributed by atoms with E-state index in [1.54, 1.807) is 18.7 Å². The van der Waals surface area contributed by atoms with Crippen LogP contribution in [0.3, 0.4) is 0 Å². The summed E-state index contributed by atoms with van der Waals surface area (Å²) in [6, 6.07) is -0.643. The molecule has 1 rings (SSSR count). The summed E-state index contributed by atoms with van der Waals surface area (Å²) in [7, 11) is 1.39. The molecule has 5 nitrogen and oxygen atoms in total. The number of thioether (sulfide) groups is 1. The third kappa shape index (κ3) is 2.80. The SMILES string of the molecule is CCCCSCC1(C)C(=O)NC(=O)N(C)C1=O. The van der Waals surface area contributed by atoms with E-state index in [2.05, 4.69) is 12.2 Å². The van der Waals surface area contributed by atoms with E-state index in [1.165, 1.54) is 7.05 Å². The van der Waals surface area contributed by atoms with E-state index < -0.39 is 23.3 Å². The Morgan fingerprint density at radius 3 is 2.59 bits per heavy atom. The predicted molar refractivity (Wildman–Crippen MR) is 66.6 cm³/mol. The van der Waals surface area contributed by atoms with Crippen LogP contribution < -0.4 is 5.32 Å². The summed E-state index contributed by atoms with van der Waals surface area (Å²) in [4.78, 5) is 35.9. The Kier molecular flexibility index (Phi) is 4.56. The van der Waals surface area contributed by atoms with E-state index in [0.29, 0.717) is 5.75 Å². The minimum absolute atomic E-state index is 0.412. The summed E-state index contributed by atoms with van der Waals surface area (Å²) in [6.07, 6.45) is 2.15. The van der Waals surface area contributed by atoms with Crippen molar-refractivity contribution in [1.82, 2.24) is 10.2 Å². The average Bonchev–Trinajstić information content (AvgIpc) is 2.30. The van der Waals surface area contributed by atoms with Crippen molar-refractivity contribution >= 4 is 29.6 Å². The predicted octanol–water partition coefficient (Wildman–Crippen LogP) is 1.23. The van der Waals surface area contributed by atoms with Crippen molar-refractivity contribution in [2.75, 3.05) is 18.6 Å². The molecule has 1 atom stereocenters. The Hall–Kier alpha value is -1.04. The van der Waals surface area contributed by atoms with Gasteiger partial charge in [0.1, 0.15) is 5.41 Å². The molecule has 1 fully saturated rings. The van der Waals surface area contributed by atoms with Gasteiger partial charge in [-0.3, -0.25) is 19.8 Å². The molecule has 0 radical (unpaired) electrons. The van der Waals surface area contributed by atoms with Crippen LogP contribution >= 0.6 is 11.8 Å². The average molecular weight is 258 g/mol. The van der Waals surface area contributed by atoms with Crippen LogP contribution in [-0.4, -0.2) is 41.3 Å². The lowest BCUT2D eigenvalue weighted by Crippen LogP contribution is -2.62. The minimum atomic E-state index is -1.12. The maximum atomic E-state index is 12.0. The largest absolute Gasteiger partial charge is 0.330 e. The molecule has 4 amide bonds. The first-order valence-corrected chi connectivity index (χ1v) is 6.80. The zero-order valence-electron chi connectivity index (χ0n) is 10.4. The van der Waals surface area contributed by atoms with E-state index in [9.17, 15) is 14.4 Å². The maximum absolute atomic E-state index is 12.0. The molecule has 17 heavy (non-hydrogen) atoms. The van der Waals surface area contributed by atoms with Gasteiger partial charge < -0.3 is 0 Å². The second-order valence-corrected chi connectivity index (χ2v) is 5.47. The number of rotatable bonds is 5. The number of urea groups is 1. The molecule has 0 saturated carbocycles. The van der Waals surface area contributed by atoms with Crippen LogP contribution in [0.4, 0.5) is 4.79 Å². The van der Waals surface area contributed by atoms with Crippen molar-refractivity contribution < 1.29 is 14.4 Å². The van der Waals surface area contributed by atoms with Crippen LogP contribution in [-0.2, 0) is 9.59 Å². The van der Waals surface area contributed by atoms with E-state index in [4.69, 9.17) is 0 Å². The molecule has 0 aliphatic carbocycles. The number of barbiturate groups is 1. The fourth-order valence-corrected chi connectivity index (χ4v) is 2.83. The molecule has 6 heteroatoms. The van der Waals surface area contributed by atoms with Crippen molar-refractivity contribution in [3.05, 3.63) is 0 Å². The fraction of sp³-hybridized carbons (Fsp3) is 0.727. The van der Waals surface area contributed by atoms with E-state index in [0.717, 1.165) is 23.5 Å². The Morgan fingerprint density at radius 2 is 2.00 bits per heavy atom. The van der Waals surface area contributed by atoms with E-state index in [-0.39, 0.29) is 0 Å². The molecule has 1 aliphatic heterocycles. The van der Waals surface area contributed by atoms with Gasteiger partial charge in [0.25, 0.3) is 0 Å². The van der Waals surface area contributed by atoms with Gasteiger partial charge in [-0.25, -0.2) is 4.79 Å². The molecule has 0 spiro atoms. The van der Waals surface area contributed by atoms with Crippen molar-refractivity contribution in [2.24, 2.45) is 5.41 Å². The van der Waals surface area contributed by atoms with Gasteiger partial charge in [-0.2, -0.15) is 11.8 Å². The lowest BCUT2D eigenvalue weighted by atomic mass is 9.89. The molecule has 1 unspecified atom stereocenters. The molecule has 0 aromatic rings. The number of amides is 4. The first-order valence-electron chi connectivity index (χ1n) is 5.64. The lowest BCUT2D eigenvalue weighted by Gasteiger charge is -2.34. The van der Waals surface area contributed by atoms with Gasteiger partial charge >= 0.3 is 6.03 Å². The molecule has 1 heterocycles. The van der Waals surface area contributed by atoms with Gasteiger partial charge in [0, 0.05) is 12.8 Å². The quantitative estimate of drug-likeness (QED) is 0.595. The van der Waals surface area contributed by atoms with E-state index in [1.807, 2.05) is 0 Å². The first kappa shape index (κ1) is 14.0. The third-order valence-corrected chi connectivity index (χ3v) is 4.19. The highest BCUT2D eigenvalue weighted by Crippen LogP contribution is 2.28. The second kappa shape index (κ2) is 5.53. The molecule has 0 aromatic heterocycles. The summed E-state index contributed by atoms with van der Waals surface area (Å²) in [5, 5.41) is 2.20. The van der Waals surface area contributed by atoms with Crippen LogP contribution in [0, 0.1) is 5.41 Å². The van der Waals surface area contributed by atoms with Crippen molar-refractivity contribution in [3.8, 4) is 0 Å². The number of carbonyl (C=O) groups excluding carboxylic acids is 3. The first-order chi connectivity index (χ1) is 7.93. The molecule has 0 aromatic carbocycles. The van der Waals surface area contributed by atoms with Gasteiger partial charge in [-0.1, -0.05) is 13.3 Å². The number of carbonyl (C=O) groups is 3. The van der Waals surface area contributed by atoms with Crippen LogP contribution in [0.15, 0.2) is 0 Å². The summed E-state index contributed by atoms with van der Waals surface area (Å²) in [5.41, 5.74) is -1.12. The standard InChI is InChI=1S/C11H18N2O3S/c1-4-5-6-17-7-11(2)8(14)12-10(16)13(3)9(11)15/h4-7H2,1-3H3,(H,12,14,16). The van der Waals surface area contributed by atoms with E-state index >= 15 is 0 Å². The Balaban J connectivity index is 2.68. The van der Waals surface area contributed by atoms with Crippen LogP contribution in [0.2, 0.25) is 0 Å². The zero-order valence-corrected chi connectivity index (χ0v) is 11.2. The van der Waals surface area contributed by atoms with Gasteiger partial charge in [0.2, 0.25) is 11.8 Å². The Bertz CT molecular complexity index is 346. The number of hydrogen-bond acceptors (Lipinski definition) is 4. The zero-order chi connectivity index (χ0) is 13.1. The normalized spacial score (nSPS) is 25.1. The van der Waals surface area contributed by atoms with Crippen LogP contribution in [0.5, 0.6) is 0 Å². The Labute approximate surface area is 105 Å². The summed E-state index contributed by atoms with van der Waals surface area (Å²) in [5.74, 6) is 0.421. The van der Waals surface area contributed by atoms with Crippen LogP contribution in [0.25, 0.3) is 0 Å². The monoisotopic (exact) mass is 258 g/mol. The number of nitrogens with one attached hydrogen (secondary N) is 1. The molecule has 1 N–H and O–H groups in total. The van der Waals surface area contributed by atoms with Gasteiger partial charge in [-0.15, -0.1) is 0 Å². The number of hydrogen-bond donors (Lipinski definition) is 1. The Morgan fingerprint density at radius 1 is 1.35 bits per heavy atom. The smallest absolute Gasteiger partial charge is 0.277 e. The molecule has 0 bridgehead atoms. The highest BCUT2D eigenvalue weighted by Gasteiger charge is 2.48. The molecular formula is C11H18N2O3S. The van der Waals surface area contributed by atoms with Crippen LogP contribution in [0.1, 0.15) is 26.7 Å². The molecule has 96 valence electrons. The maximum Gasteiger partial charge on any atom is 0.330 e. The number of imide groups is 2. The highest BCUT2D eigenvalue weighted by molar-refractivity contribution is 7.99. The van der Waals surface area contributed by atoms with Crippen molar-refractivity contribution in [2.45, 2.75) is 26.7 Å². The summed E-state index contributed by atoms with van der Waals surface area (Å²) in [6.45, 7) is 3.68. The minimum Gasteiger partial charge on any atom is -0.277 e. The topological polar surface area (TPSA) is 66.5 Å². The second-order valence-electron chi connectivity index (χ2n) is 4.36. The molecular weight excluding hydrogens is 240 g/mol. The summed E-state index contributed by atoms with van der Waals surface area (Å²) < 4.78 is 0. The highest BCUT2D eigenvalue weighted by atomic mass is 32.2. The third-order valence-electron chi connectivity index (χ3n) is 2.84. The van der Waals surface area contributed by atoms with Gasteiger partial charge in [0.15, 0.2) is 0 Å². The van der Waals surface area contributed by atoms with Gasteiger partial charge in [-0.05, 0) is 19.1 Å². The number of nitrogens with zero attached hydrogens (tertiary/aromatic N) is 1. The lowest BCUT2D eigenvalue weighted by molar-refractivity contribution is -0.147. The van der Waals surface area contributed by atoms with Crippen molar-refractivity contribution in [3.63, 3.8) is 0 Å². The summed E-state index contributed by atoms with van der Waals surface area (Å²) >= 11 is 1.57. The van der Waals surface area contributed by atoms with Crippen molar-refractivity contribution in [1.29, 1.82) is 0 Å². The molecule has 1 saturated heterocycles. The molecule has 1 aliphatic rings. The fourth-order valence-electron chi connectivity index (χ4n) is 1.53. The number of unbranched alkanes of at least 4 members (excludes halogenated alkanes) is 1.